The van der Waals surface area contributed by atoms with Gasteiger partial charge in [-0.25, -0.2) is 8.78 Å². The molecule has 0 saturated heterocycles. The van der Waals surface area contributed by atoms with Gasteiger partial charge >= 0.3 is 0 Å². The van der Waals surface area contributed by atoms with Crippen LogP contribution in [-0.2, 0) is 0 Å². The second-order valence-electron chi connectivity index (χ2n) is 7.93. The second-order valence-corrected chi connectivity index (χ2v) is 7.93. The first-order chi connectivity index (χ1) is 7.92. The Balaban J connectivity index is 2.24. The summed E-state index contributed by atoms with van der Waals surface area (Å²) < 4.78 is 27.4. The van der Waals surface area contributed by atoms with Crippen LogP contribution in [0.5, 0.6) is 0 Å². The lowest BCUT2D eigenvalue weighted by Crippen LogP contribution is -2.34. The van der Waals surface area contributed by atoms with Crippen LogP contribution in [-0.4, -0.2) is 17.1 Å². The lowest BCUT2D eigenvalue weighted by Gasteiger charge is -2.36. The summed E-state index contributed by atoms with van der Waals surface area (Å²) in [6, 6.07) is 0. The van der Waals surface area contributed by atoms with Crippen molar-refractivity contribution in [3.05, 3.63) is 0 Å². The molecule has 0 aromatic rings. The Bertz CT molecular complexity index is 328. The van der Waals surface area contributed by atoms with Gasteiger partial charge in [-0.3, -0.25) is 0 Å². The topological polar surface area (TPSA) is 20.2 Å². The van der Waals surface area contributed by atoms with E-state index in [1.54, 1.807) is 0 Å². The minimum Gasteiger partial charge on any atom is -0.393 e. The number of fused-ring (bicyclic) bond motifs is 1. The lowest BCUT2D eigenvalue weighted by atomic mass is 9.71. The number of aliphatic hydroxyl groups is 1. The zero-order valence-corrected chi connectivity index (χ0v) is 12.2. The average molecular weight is 260 g/mol. The second kappa shape index (κ2) is 3.68. The standard InChI is InChI=1S/C15H26F2O/c1-10(18)12(2,3)11-6-13(4)8-15(16,17)9-14(13,5)7-11/h10-11,18H,6-9H2,1-5H3. The predicted octanol–water partition coefficient (Wildman–Crippen LogP) is 4.25. The van der Waals surface area contributed by atoms with Crippen molar-refractivity contribution < 1.29 is 13.9 Å². The van der Waals surface area contributed by atoms with E-state index in [-0.39, 0.29) is 29.1 Å². The van der Waals surface area contributed by atoms with E-state index in [0.29, 0.717) is 5.92 Å². The van der Waals surface area contributed by atoms with E-state index in [0.717, 1.165) is 12.8 Å². The van der Waals surface area contributed by atoms with Gasteiger partial charge in [-0.2, -0.15) is 0 Å². The first-order valence-electron chi connectivity index (χ1n) is 6.98. The van der Waals surface area contributed by atoms with Crippen molar-refractivity contribution in [1.82, 2.24) is 0 Å². The van der Waals surface area contributed by atoms with Crippen LogP contribution in [0.3, 0.4) is 0 Å². The molecule has 0 aliphatic heterocycles. The third-order valence-electron chi connectivity index (χ3n) is 6.28. The number of hydrogen-bond donors (Lipinski definition) is 1. The van der Waals surface area contributed by atoms with Crippen LogP contribution in [0.15, 0.2) is 0 Å². The number of aliphatic hydroxyl groups excluding tert-OH is 1. The maximum absolute atomic E-state index is 13.7. The third-order valence-corrected chi connectivity index (χ3v) is 6.28. The molecule has 0 heterocycles. The molecule has 3 heteroatoms. The van der Waals surface area contributed by atoms with Crippen LogP contribution in [0, 0.1) is 22.2 Å². The summed E-state index contributed by atoms with van der Waals surface area (Å²) in [5, 5.41) is 9.93. The monoisotopic (exact) mass is 260 g/mol. The largest absolute Gasteiger partial charge is 0.393 e. The summed E-state index contributed by atoms with van der Waals surface area (Å²) in [4.78, 5) is 0. The molecular weight excluding hydrogens is 234 g/mol. The van der Waals surface area contributed by atoms with E-state index in [1.165, 1.54) is 0 Å². The smallest absolute Gasteiger partial charge is 0.249 e. The fourth-order valence-corrected chi connectivity index (χ4v) is 4.30. The van der Waals surface area contributed by atoms with Gasteiger partial charge in [-0.1, -0.05) is 27.7 Å². The summed E-state index contributed by atoms with van der Waals surface area (Å²) in [7, 11) is 0. The van der Waals surface area contributed by atoms with E-state index in [9.17, 15) is 13.9 Å². The molecule has 1 N–H and O–H groups in total. The molecular formula is C15H26F2O. The van der Waals surface area contributed by atoms with Crippen molar-refractivity contribution in [2.24, 2.45) is 22.2 Å². The molecule has 18 heavy (non-hydrogen) atoms. The van der Waals surface area contributed by atoms with Gasteiger partial charge in [0.25, 0.3) is 0 Å². The van der Waals surface area contributed by atoms with Gasteiger partial charge in [-0.05, 0) is 41.9 Å². The highest BCUT2D eigenvalue weighted by Crippen LogP contribution is 2.70. The minimum absolute atomic E-state index is 0.0168. The molecule has 0 spiro atoms. The van der Waals surface area contributed by atoms with E-state index < -0.39 is 12.0 Å². The number of alkyl halides is 2. The molecule has 0 radical (unpaired) electrons. The van der Waals surface area contributed by atoms with Crippen LogP contribution >= 0.6 is 0 Å². The molecule has 2 aliphatic carbocycles. The Morgan fingerprint density at radius 1 is 1.11 bits per heavy atom. The number of hydrogen-bond acceptors (Lipinski definition) is 1. The molecule has 2 rings (SSSR count). The van der Waals surface area contributed by atoms with Crippen LogP contribution < -0.4 is 0 Å². The Kier molecular flexibility index (Phi) is 2.91. The molecule has 3 unspecified atom stereocenters. The minimum atomic E-state index is -2.50. The van der Waals surface area contributed by atoms with Crippen LogP contribution in [0.2, 0.25) is 0 Å². The third kappa shape index (κ3) is 1.90. The first-order valence-corrected chi connectivity index (χ1v) is 6.98. The fourth-order valence-electron chi connectivity index (χ4n) is 4.30. The summed E-state index contributed by atoms with van der Waals surface area (Å²) in [5.41, 5.74) is -0.730. The fraction of sp³-hybridized carbons (Fsp3) is 1.00. The highest BCUT2D eigenvalue weighted by atomic mass is 19.3. The molecule has 0 bridgehead atoms. The maximum atomic E-state index is 13.7. The molecule has 2 fully saturated rings. The SMILES string of the molecule is CC(O)C(C)(C)C1CC2(C)CC(F)(F)CC2(C)C1. The zero-order valence-electron chi connectivity index (χ0n) is 12.2. The van der Waals surface area contributed by atoms with Crippen LogP contribution in [0.1, 0.15) is 60.3 Å². The molecule has 106 valence electrons. The molecule has 1 nitrogen and oxygen atoms in total. The van der Waals surface area contributed by atoms with Crippen molar-refractivity contribution >= 4 is 0 Å². The van der Waals surface area contributed by atoms with Gasteiger partial charge in [0.15, 0.2) is 0 Å². The zero-order chi connectivity index (χ0) is 14.0. The Morgan fingerprint density at radius 3 is 1.83 bits per heavy atom. The van der Waals surface area contributed by atoms with Crippen molar-refractivity contribution in [1.29, 1.82) is 0 Å². The molecule has 0 amide bonds. The number of halogens is 2. The first kappa shape index (κ1) is 14.2. The Morgan fingerprint density at radius 2 is 1.50 bits per heavy atom. The van der Waals surface area contributed by atoms with Crippen molar-refractivity contribution in [3.63, 3.8) is 0 Å². The van der Waals surface area contributed by atoms with Gasteiger partial charge in [0.1, 0.15) is 0 Å². The van der Waals surface area contributed by atoms with Crippen molar-refractivity contribution in [3.8, 4) is 0 Å². The predicted molar refractivity (Wildman–Crippen MR) is 68.6 cm³/mol. The number of rotatable bonds is 2. The van der Waals surface area contributed by atoms with E-state index in [1.807, 2.05) is 20.8 Å². The molecule has 0 aromatic heterocycles. The molecule has 2 saturated carbocycles. The summed E-state index contributed by atoms with van der Waals surface area (Å²) in [6.45, 7) is 9.98. The van der Waals surface area contributed by atoms with E-state index >= 15 is 0 Å². The van der Waals surface area contributed by atoms with Gasteiger partial charge < -0.3 is 5.11 Å². The van der Waals surface area contributed by atoms with Gasteiger partial charge in [0.2, 0.25) is 5.92 Å². The van der Waals surface area contributed by atoms with Crippen LogP contribution in [0.4, 0.5) is 8.78 Å². The van der Waals surface area contributed by atoms with Gasteiger partial charge in [0.05, 0.1) is 6.10 Å². The van der Waals surface area contributed by atoms with Crippen molar-refractivity contribution in [2.45, 2.75) is 72.3 Å². The average Bonchev–Trinajstić information content (AvgIpc) is 2.44. The van der Waals surface area contributed by atoms with Crippen molar-refractivity contribution in [2.75, 3.05) is 0 Å². The Hall–Kier alpha value is -0.180. The molecule has 2 aliphatic rings. The highest BCUT2D eigenvalue weighted by Gasteiger charge is 2.65. The molecule has 3 atom stereocenters. The quantitative estimate of drug-likeness (QED) is 0.787. The van der Waals surface area contributed by atoms with Crippen LogP contribution in [0.25, 0.3) is 0 Å². The Labute approximate surface area is 109 Å². The highest BCUT2D eigenvalue weighted by molar-refractivity contribution is 5.12. The summed E-state index contributed by atoms with van der Waals surface area (Å²) in [6.07, 6.45) is 1.27. The molecule has 0 aromatic carbocycles. The van der Waals surface area contributed by atoms with E-state index in [2.05, 4.69) is 13.8 Å². The lowest BCUT2D eigenvalue weighted by molar-refractivity contribution is -0.0230. The van der Waals surface area contributed by atoms with Gasteiger partial charge in [0, 0.05) is 12.8 Å². The van der Waals surface area contributed by atoms with E-state index in [4.69, 9.17) is 0 Å². The summed E-state index contributed by atoms with van der Waals surface area (Å²) in [5.74, 6) is -2.16. The van der Waals surface area contributed by atoms with Gasteiger partial charge in [-0.15, -0.1) is 0 Å². The maximum Gasteiger partial charge on any atom is 0.249 e. The summed E-state index contributed by atoms with van der Waals surface area (Å²) >= 11 is 0. The normalized spacial score (nSPS) is 45.0.